The molecule has 0 bridgehead atoms. The molecular formula is C25H28O4. The van der Waals surface area contributed by atoms with Gasteiger partial charge in [0, 0.05) is 11.1 Å². The molecule has 0 N–H and O–H groups in total. The van der Waals surface area contributed by atoms with Crippen LogP contribution in [0.3, 0.4) is 0 Å². The van der Waals surface area contributed by atoms with Crippen molar-refractivity contribution in [2.24, 2.45) is 5.92 Å². The van der Waals surface area contributed by atoms with E-state index in [1.165, 1.54) is 12.8 Å². The Hall–Kier alpha value is -3.01. The van der Waals surface area contributed by atoms with E-state index in [2.05, 4.69) is 0 Å². The van der Waals surface area contributed by atoms with Crippen LogP contribution in [-0.4, -0.2) is 13.7 Å². The molecule has 2 aromatic carbocycles. The van der Waals surface area contributed by atoms with Crippen LogP contribution < -0.4 is 14.9 Å². The first-order valence-corrected chi connectivity index (χ1v) is 10.2. The zero-order valence-electron chi connectivity index (χ0n) is 17.5. The van der Waals surface area contributed by atoms with Gasteiger partial charge >= 0.3 is 0 Å². The molecule has 0 saturated heterocycles. The third-order valence-corrected chi connectivity index (χ3v) is 4.87. The van der Waals surface area contributed by atoms with Gasteiger partial charge in [-0.25, -0.2) is 0 Å². The third-order valence-electron chi connectivity index (χ3n) is 4.87. The van der Waals surface area contributed by atoms with Gasteiger partial charge < -0.3 is 13.9 Å². The predicted octanol–water partition coefficient (Wildman–Crippen LogP) is 6.10. The topological polar surface area (TPSA) is 48.7 Å². The Kier molecular flexibility index (Phi) is 6.76. The second kappa shape index (κ2) is 9.46. The number of methoxy groups -OCH3 is 1. The fourth-order valence-corrected chi connectivity index (χ4v) is 3.04. The van der Waals surface area contributed by atoms with Gasteiger partial charge in [0.2, 0.25) is 0 Å². The van der Waals surface area contributed by atoms with E-state index < -0.39 is 0 Å². The molecule has 4 nitrogen and oxygen atoms in total. The number of hydrogen-bond donors (Lipinski definition) is 0. The molecular weight excluding hydrogens is 364 g/mol. The van der Waals surface area contributed by atoms with Crippen molar-refractivity contribution in [2.45, 2.75) is 33.6 Å². The third kappa shape index (κ3) is 4.70. The first kappa shape index (κ1) is 20.7. The van der Waals surface area contributed by atoms with E-state index in [4.69, 9.17) is 13.9 Å². The second-order valence-electron chi connectivity index (χ2n) is 6.88. The number of para-hydroxylation sites is 2. The fourth-order valence-electron chi connectivity index (χ4n) is 3.04. The molecule has 1 aliphatic carbocycles. The van der Waals surface area contributed by atoms with Crippen LogP contribution in [0.15, 0.2) is 51.7 Å². The summed E-state index contributed by atoms with van der Waals surface area (Å²) in [4.78, 5) is 12.6. The average Bonchev–Trinajstić information content (AvgIpc) is 3.60. The van der Waals surface area contributed by atoms with Crippen LogP contribution in [0.1, 0.15) is 43.6 Å². The highest BCUT2D eigenvalue weighted by Crippen LogP contribution is 2.36. The highest BCUT2D eigenvalue weighted by Gasteiger charge is 2.23. The van der Waals surface area contributed by atoms with E-state index in [9.17, 15) is 4.79 Å². The minimum absolute atomic E-state index is 0.00708. The van der Waals surface area contributed by atoms with Crippen molar-refractivity contribution in [3.63, 3.8) is 0 Å². The van der Waals surface area contributed by atoms with Gasteiger partial charge in [-0.2, -0.15) is 0 Å². The van der Waals surface area contributed by atoms with Gasteiger partial charge in [0.1, 0.15) is 11.3 Å². The number of rotatable bonds is 6. The van der Waals surface area contributed by atoms with Gasteiger partial charge in [-0.15, -0.1) is 0 Å². The smallest absolute Gasteiger partial charge is 0.196 e. The lowest BCUT2D eigenvalue weighted by Crippen LogP contribution is -2.07. The molecule has 1 heterocycles. The summed E-state index contributed by atoms with van der Waals surface area (Å²) in [6.45, 7) is 6.49. The monoisotopic (exact) mass is 392 g/mol. The maximum absolute atomic E-state index is 12.6. The maximum atomic E-state index is 12.6. The summed E-state index contributed by atoms with van der Waals surface area (Å²) in [5.74, 6) is 2.63. The number of hydrogen-bond acceptors (Lipinski definition) is 4. The van der Waals surface area contributed by atoms with E-state index in [1.807, 2.05) is 62.4 Å². The molecule has 1 saturated carbocycles. The minimum atomic E-state index is -0.00708. The number of benzene rings is 2. The van der Waals surface area contributed by atoms with Crippen LogP contribution in [0.25, 0.3) is 23.1 Å². The van der Waals surface area contributed by atoms with Gasteiger partial charge in [-0.3, -0.25) is 4.79 Å². The van der Waals surface area contributed by atoms with Crippen molar-refractivity contribution in [3.05, 3.63) is 69.6 Å². The normalized spacial score (nSPS) is 13.2. The molecule has 0 aliphatic heterocycles. The minimum Gasteiger partial charge on any atom is -0.493 e. The Balaban J connectivity index is 0.00000117. The molecule has 1 fully saturated rings. The van der Waals surface area contributed by atoms with Crippen molar-refractivity contribution in [1.29, 1.82) is 0 Å². The molecule has 152 valence electrons. The Morgan fingerprint density at radius 1 is 1.07 bits per heavy atom. The van der Waals surface area contributed by atoms with Crippen molar-refractivity contribution < 1.29 is 13.9 Å². The summed E-state index contributed by atoms with van der Waals surface area (Å²) in [5, 5.41) is 0.599. The zero-order chi connectivity index (χ0) is 20.8. The van der Waals surface area contributed by atoms with Crippen LogP contribution >= 0.6 is 0 Å². The lowest BCUT2D eigenvalue weighted by atomic mass is 10.1. The van der Waals surface area contributed by atoms with Crippen molar-refractivity contribution in [1.82, 2.24) is 0 Å². The molecule has 4 heteroatoms. The fraction of sp³-hybridized carbons (Fsp3) is 0.320. The van der Waals surface area contributed by atoms with Crippen molar-refractivity contribution in [3.8, 4) is 11.5 Å². The van der Waals surface area contributed by atoms with Crippen LogP contribution in [0.4, 0.5) is 0 Å². The summed E-state index contributed by atoms with van der Waals surface area (Å²) in [6.07, 6.45) is 6.18. The number of fused-ring (bicyclic) bond motifs is 1. The Morgan fingerprint density at radius 2 is 1.83 bits per heavy atom. The van der Waals surface area contributed by atoms with Gasteiger partial charge in [0.05, 0.1) is 19.1 Å². The molecule has 4 rings (SSSR count). The summed E-state index contributed by atoms with van der Waals surface area (Å²) in [6, 6.07) is 13.1. The molecule has 0 unspecified atom stereocenters. The van der Waals surface area contributed by atoms with Crippen LogP contribution in [-0.2, 0) is 0 Å². The first-order valence-electron chi connectivity index (χ1n) is 10.2. The molecule has 1 aromatic heterocycles. The summed E-state index contributed by atoms with van der Waals surface area (Å²) in [5.41, 5.74) is 2.06. The van der Waals surface area contributed by atoms with Crippen LogP contribution in [0.2, 0.25) is 0 Å². The molecule has 29 heavy (non-hydrogen) atoms. The van der Waals surface area contributed by atoms with E-state index in [0.29, 0.717) is 40.6 Å². The molecule has 0 amide bonds. The van der Waals surface area contributed by atoms with Gasteiger partial charge in [-0.05, 0) is 56.0 Å². The summed E-state index contributed by atoms with van der Waals surface area (Å²) < 4.78 is 17.4. The van der Waals surface area contributed by atoms with E-state index >= 15 is 0 Å². The molecule has 1 aliphatic rings. The quantitative estimate of drug-likeness (QED) is 0.509. The van der Waals surface area contributed by atoms with Crippen molar-refractivity contribution >= 4 is 23.1 Å². The maximum Gasteiger partial charge on any atom is 0.196 e. The van der Waals surface area contributed by atoms with Gasteiger partial charge in [0.15, 0.2) is 16.9 Å². The SMILES string of the molecule is CC.COc1cccc(/C=C/c2oc3ccccc3c(=O)c2C)c1OCC1CC1. The molecule has 0 atom stereocenters. The van der Waals surface area contributed by atoms with E-state index in [0.717, 1.165) is 11.3 Å². The van der Waals surface area contributed by atoms with Crippen LogP contribution in [0.5, 0.6) is 11.5 Å². The Bertz CT molecular complexity index is 1060. The largest absolute Gasteiger partial charge is 0.493 e. The highest BCUT2D eigenvalue weighted by molar-refractivity contribution is 5.80. The second-order valence-corrected chi connectivity index (χ2v) is 6.88. The standard InChI is InChI=1S/C23H22O4.C2H6/c1-15-19(27-20-8-4-3-7-18(20)22(15)24)13-12-17-6-5-9-21(25-2)23(17)26-14-16-10-11-16;1-2/h3-9,12-13,16H,10-11,14H2,1-2H3;1-2H3/b13-12+;. The Labute approximate surface area is 171 Å². The lowest BCUT2D eigenvalue weighted by Gasteiger charge is -2.13. The Morgan fingerprint density at radius 3 is 2.55 bits per heavy atom. The summed E-state index contributed by atoms with van der Waals surface area (Å²) in [7, 11) is 1.64. The summed E-state index contributed by atoms with van der Waals surface area (Å²) >= 11 is 0. The zero-order valence-corrected chi connectivity index (χ0v) is 17.5. The van der Waals surface area contributed by atoms with Crippen LogP contribution in [0, 0.1) is 12.8 Å². The molecule has 0 radical (unpaired) electrons. The van der Waals surface area contributed by atoms with Crippen molar-refractivity contribution in [2.75, 3.05) is 13.7 Å². The predicted molar refractivity (Wildman–Crippen MR) is 119 cm³/mol. The van der Waals surface area contributed by atoms with Gasteiger partial charge in [-0.1, -0.05) is 38.1 Å². The average molecular weight is 392 g/mol. The van der Waals surface area contributed by atoms with E-state index in [1.54, 1.807) is 20.1 Å². The molecule has 3 aromatic rings. The number of ether oxygens (including phenoxy) is 2. The first-order chi connectivity index (χ1) is 14.2. The molecule has 0 spiro atoms. The lowest BCUT2D eigenvalue weighted by molar-refractivity contribution is 0.280. The van der Waals surface area contributed by atoms with Gasteiger partial charge in [0.25, 0.3) is 0 Å². The van der Waals surface area contributed by atoms with E-state index in [-0.39, 0.29) is 5.43 Å². The highest BCUT2D eigenvalue weighted by atomic mass is 16.5.